The molecule has 27 heavy (non-hydrogen) atoms. The molecule has 0 aliphatic carbocycles. The number of carbonyl (C=O) groups is 2. The Morgan fingerprint density at radius 2 is 1.67 bits per heavy atom. The molecule has 5 nitrogen and oxygen atoms in total. The number of benzene rings is 2. The van der Waals surface area contributed by atoms with Crippen LogP contribution in [0.1, 0.15) is 36.8 Å². The highest BCUT2D eigenvalue weighted by molar-refractivity contribution is 5.99. The zero-order chi connectivity index (χ0) is 19.4. The molecule has 3 rings (SSSR count). The summed E-state index contributed by atoms with van der Waals surface area (Å²) < 4.78 is 7.22. The van der Waals surface area contributed by atoms with Crippen molar-refractivity contribution in [3.8, 4) is 0 Å². The van der Waals surface area contributed by atoms with Crippen molar-refractivity contribution in [2.45, 2.75) is 32.9 Å². The SMILES string of the molecule is CC(C)(C)OC(=O)CNC(=O)c1cc2ccccc2n1Cc1ccccc1. The van der Waals surface area contributed by atoms with Gasteiger partial charge in [-0.05, 0) is 38.5 Å². The Bertz CT molecular complexity index is 953. The van der Waals surface area contributed by atoms with Gasteiger partial charge in [-0.2, -0.15) is 0 Å². The van der Waals surface area contributed by atoms with Gasteiger partial charge < -0.3 is 14.6 Å². The van der Waals surface area contributed by atoms with Gasteiger partial charge in [0.1, 0.15) is 17.8 Å². The smallest absolute Gasteiger partial charge is 0.325 e. The summed E-state index contributed by atoms with van der Waals surface area (Å²) >= 11 is 0. The van der Waals surface area contributed by atoms with Crippen LogP contribution in [0, 0.1) is 0 Å². The summed E-state index contributed by atoms with van der Waals surface area (Å²) in [6.45, 7) is 5.80. The Morgan fingerprint density at radius 1 is 1.00 bits per heavy atom. The third kappa shape index (κ3) is 4.76. The lowest BCUT2D eigenvalue weighted by Gasteiger charge is -2.19. The molecule has 0 bridgehead atoms. The fraction of sp³-hybridized carbons (Fsp3) is 0.273. The molecule has 140 valence electrons. The minimum atomic E-state index is -0.579. The van der Waals surface area contributed by atoms with Gasteiger partial charge in [0.25, 0.3) is 5.91 Å². The van der Waals surface area contributed by atoms with Gasteiger partial charge in [-0.15, -0.1) is 0 Å². The summed E-state index contributed by atoms with van der Waals surface area (Å²) in [5.41, 5.74) is 2.01. The molecule has 0 saturated carbocycles. The van der Waals surface area contributed by atoms with Crippen molar-refractivity contribution < 1.29 is 14.3 Å². The predicted molar refractivity (Wildman–Crippen MR) is 106 cm³/mol. The fourth-order valence-electron chi connectivity index (χ4n) is 2.96. The van der Waals surface area contributed by atoms with Crippen LogP contribution in [0.5, 0.6) is 0 Å². The quantitative estimate of drug-likeness (QED) is 0.701. The second-order valence-corrected chi connectivity index (χ2v) is 7.43. The molecule has 0 atom stereocenters. The average molecular weight is 364 g/mol. The van der Waals surface area contributed by atoms with E-state index in [-0.39, 0.29) is 12.5 Å². The standard InChI is InChI=1S/C22H24N2O3/c1-22(2,3)27-20(25)14-23-21(26)19-13-17-11-7-8-12-18(17)24(19)15-16-9-5-4-6-10-16/h4-13H,14-15H2,1-3H3,(H,23,26). The molecule has 0 fully saturated rings. The monoisotopic (exact) mass is 364 g/mol. The lowest BCUT2D eigenvalue weighted by Crippen LogP contribution is -2.35. The highest BCUT2D eigenvalue weighted by atomic mass is 16.6. The van der Waals surface area contributed by atoms with Crippen LogP contribution in [-0.4, -0.2) is 28.6 Å². The Kier molecular flexibility index (Phi) is 5.31. The first-order chi connectivity index (χ1) is 12.8. The van der Waals surface area contributed by atoms with Gasteiger partial charge in [-0.25, -0.2) is 0 Å². The normalized spacial score (nSPS) is 11.4. The number of amides is 1. The number of nitrogens with zero attached hydrogens (tertiary/aromatic N) is 1. The summed E-state index contributed by atoms with van der Waals surface area (Å²) in [4.78, 5) is 24.7. The summed E-state index contributed by atoms with van der Waals surface area (Å²) in [6.07, 6.45) is 0. The maximum absolute atomic E-state index is 12.8. The van der Waals surface area contributed by atoms with Gasteiger partial charge in [0, 0.05) is 17.4 Å². The predicted octanol–water partition coefficient (Wildman–Crippen LogP) is 3.76. The number of fused-ring (bicyclic) bond motifs is 1. The van der Waals surface area contributed by atoms with Crippen LogP contribution in [0.3, 0.4) is 0 Å². The molecule has 1 N–H and O–H groups in total. The van der Waals surface area contributed by atoms with Crippen molar-refractivity contribution in [2.24, 2.45) is 0 Å². The summed E-state index contributed by atoms with van der Waals surface area (Å²) in [6, 6.07) is 19.7. The van der Waals surface area contributed by atoms with Gasteiger partial charge >= 0.3 is 5.97 Å². The van der Waals surface area contributed by atoms with Gasteiger partial charge in [0.05, 0.1) is 0 Å². The first-order valence-corrected chi connectivity index (χ1v) is 8.96. The van der Waals surface area contributed by atoms with Crippen molar-refractivity contribution in [1.29, 1.82) is 0 Å². The maximum Gasteiger partial charge on any atom is 0.325 e. The minimum Gasteiger partial charge on any atom is -0.459 e. The molecular weight excluding hydrogens is 340 g/mol. The summed E-state index contributed by atoms with van der Waals surface area (Å²) in [5, 5.41) is 3.66. The maximum atomic E-state index is 12.8. The largest absolute Gasteiger partial charge is 0.459 e. The van der Waals surface area contributed by atoms with E-state index in [1.807, 2.05) is 65.2 Å². The van der Waals surface area contributed by atoms with E-state index >= 15 is 0 Å². The molecule has 2 aromatic carbocycles. The molecule has 0 aliphatic rings. The van der Waals surface area contributed by atoms with Crippen LogP contribution >= 0.6 is 0 Å². The number of hydrogen-bond acceptors (Lipinski definition) is 3. The molecule has 0 spiro atoms. The highest BCUT2D eigenvalue weighted by Gasteiger charge is 2.19. The molecule has 1 amide bonds. The van der Waals surface area contributed by atoms with E-state index in [2.05, 4.69) is 5.32 Å². The first-order valence-electron chi connectivity index (χ1n) is 8.96. The Hall–Kier alpha value is -3.08. The van der Waals surface area contributed by atoms with Gasteiger partial charge in [0.15, 0.2) is 0 Å². The third-order valence-corrected chi connectivity index (χ3v) is 4.04. The molecular formula is C22H24N2O3. The number of aromatic nitrogens is 1. The van der Waals surface area contributed by atoms with Crippen LogP contribution in [0.2, 0.25) is 0 Å². The highest BCUT2D eigenvalue weighted by Crippen LogP contribution is 2.21. The third-order valence-electron chi connectivity index (χ3n) is 4.04. The Labute approximate surface area is 158 Å². The molecule has 0 radical (unpaired) electrons. The van der Waals surface area contributed by atoms with Crippen molar-refractivity contribution >= 4 is 22.8 Å². The molecule has 0 aliphatic heterocycles. The number of nitrogens with one attached hydrogen (secondary N) is 1. The van der Waals surface area contributed by atoms with E-state index in [9.17, 15) is 9.59 Å². The van der Waals surface area contributed by atoms with E-state index < -0.39 is 11.6 Å². The first kappa shape index (κ1) is 18.7. The van der Waals surface area contributed by atoms with Crippen LogP contribution < -0.4 is 5.32 Å². The Morgan fingerprint density at radius 3 is 2.37 bits per heavy atom. The minimum absolute atomic E-state index is 0.164. The van der Waals surface area contributed by atoms with E-state index in [4.69, 9.17) is 4.74 Å². The molecule has 0 unspecified atom stereocenters. The van der Waals surface area contributed by atoms with Crippen molar-refractivity contribution in [3.05, 3.63) is 71.9 Å². The number of rotatable bonds is 5. The van der Waals surface area contributed by atoms with Crippen molar-refractivity contribution in [3.63, 3.8) is 0 Å². The van der Waals surface area contributed by atoms with E-state index in [1.54, 1.807) is 20.8 Å². The van der Waals surface area contributed by atoms with Gasteiger partial charge in [0.2, 0.25) is 0 Å². The number of ether oxygens (including phenoxy) is 1. The summed E-state index contributed by atoms with van der Waals surface area (Å²) in [5.74, 6) is -0.755. The van der Waals surface area contributed by atoms with E-state index in [0.717, 1.165) is 16.5 Å². The van der Waals surface area contributed by atoms with Gasteiger partial charge in [-0.1, -0.05) is 48.5 Å². The molecule has 5 heteroatoms. The van der Waals surface area contributed by atoms with E-state index in [1.165, 1.54) is 0 Å². The second-order valence-electron chi connectivity index (χ2n) is 7.43. The van der Waals surface area contributed by atoms with Crippen LogP contribution in [0.15, 0.2) is 60.7 Å². The van der Waals surface area contributed by atoms with Crippen molar-refractivity contribution in [2.75, 3.05) is 6.54 Å². The number of esters is 1. The van der Waals surface area contributed by atoms with Crippen LogP contribution in [0.4, 0.5) is 0 Å². The number of para-hydroxylation sites is 1. The second kappa shape index (κ2) is 7.66. The van der Waals surface area contributed by atoms with Crippen LogP contribution in [-0.2, 0) is 16.1 Å². The zero-order valence-corrected chi connectivity index (χ0v) is 15.9. The molecule has 1 aromatic heterocycles. The van der Waals surface area contributed by atoms with Crippen molar-refractivity contribution in [1.82, 2.24) is 9.88 Å². The lowest BCUT2D eigenvalue weighted by molar-refractivity contribution is -0.153. The van der Waals surface area contributed by atoms with Gasteiger partial charge in [-0.3, -0.25) is 9.59 Å². The lowest BCUT2D eigenvalue weighted by atomic mass is 10.2. The molecule has 1 heterocycles. The average Bonchev–Trinajstić information content (AvgIpc) is 2.98. The molecule has 0 saturated heterocycles. The summed E-state index contributed by atoms with van der Waals surface area (Å²) in [7, 11) is 0. The topological polar surface area (TPSA) is 60.3 Å². The van der Waals surface area contributed by atoms with Crippen LogP contribution in [0.25, 0.3) is 10.9 Å². The molecule has 3 aromatic rings. The number of carbonyl (C=O) groups excluding carboxylic acids is 2. The fourth-order valence-corrected chi connectivity index (χ4v) is 2.96. The number of hydrogen-bond donors (Lipinski definition) is 1. The zero-order valence-electron chi connectivity index (χ0n) is 15.9. The Balaban J connectivity index is 1.84. The van der Waals surface area contributed by atoms with E-state index in [0.29, 0.717) is 12.2 Å².